The Hall–Kier alpha value is -6.18. The monoisotopic (exact) mass is 751 g/mol. The molecule has 2 N–H and O–H groups in total. The van der Waals surface area contributed by atoms with Gasteiger partial charge < -0.3 is 34.3 Å². The Morgan fingerprint density at radius 3 is 2.29 bits per heavy atom. The molecule has 3 aromatic rings. The molecule has 0 saturated heterocycles. The SMILES string of the molecule is C=C1c2c(ccn2C)C(c2cc(OC)c(CCCC(=O)NCCCNC(=O)COc3cccc4c3C(=O)N(C3CCC(=O)CC3=O)C4=O)c(OC)c2)=CN1C. The third kappa shape index (κ3) is 7.89. The van der Waals surface area contributed by atoms with Crippen molar-refractivity contribution >= 4 is 46.5 Å². The van der Waals surface area contributed by atoms with Gasteiger partial charge in [0.2, 0.25) is 5.91 Å². The van der Waals surface area contributed by atoms with Crippen molar-refractivity contribution in [2.45, 2.75) is 51.0 Å². The smallest absolute Gasteiger partial charge is 0.266 e. The molecule has 1 unspecified atom stereocenters. The van der Waals surface area contributed by atoms with E-state index in [-0.39, 0.29) is 60.8 Å². The summed E-state index contributed by atoms with van der Waals surface area (Å²) in [4.78, 5) is 78.5. The lowest BCUT2D eigenvalue weighted by Gasteiger charge is -2.27. The summed E-state index contributed by atoms with van der Waals surface area (Å²) in [7, 11) is 7.20. The molecule has 0 radical (unpaired) electrons. The van der Waals surface area contributed by atoms with Crippen LogP contribution in [-0.4, -0.2) is 96.6 Å². The van der Waals surface area contributed by atoms with Gasteiger partial charge >= 0.3 is 0 Å². The molecule has 2 aliphatic heterocycles. The Labute approximate surface area is 319 Å². The maximum atomic E-state index is 13.2. The van der Waals surface area contributed by atoms with Crippen LogP contribution in [0.1, 0.15) is 81.6 Å². The number of ketones is 2. The van der Waals surface area contributed by atoms with E-state index in [9.17, 15) is 28.8 Å². The first-order chi connectivity index (χ1) is 26.4. The molecule has 0 spiro atoms. The van der Waals surface area contributed by atoms with Crippen molar-refractivity contribution in [1.82, 2.24) is 25.0 Å². The Morgan fingerprint density at radius 1 is 0.891 bits per heavy atom. The van der Waals surface area contributed by atoms with Crippen molar-refractivity contribution in [3.05, 3.63) is 88.9 Å². The summed E-state index contributed by atoms with van der Waals surface area (Å²) >= 11 is 0. The summed E-state index contributed by atoms with van der Waals surface area (Å²) in [5.74, 6) is -1.16. The molecular weight excluding hydrogens is 706 g/mol. The molecule has 55 heavy (non-hydrogen) atoms. The lowest BCUT2D eigenvalue weighted by atomic mass is 9.92. The van der Waals surface area contributed by atoms with Crippen LogP contribution in [0.5, 0.6) is 17.2 Å². The van der Waals surface area contributed by atoms with Crippen LogP contribution in [0.2, 0.25) is 0 Å². The maximum absolute atomic E-state index is 13.2. The van der Waals surface area contributed by atoms with Gasteiger partial charge in [0.15, 0.2) is 12.4 Å². The number of ether oxygens (including phenoxy) is 3. The molecule has 1 aliphatic carbocycles. The Bertz CT molecular complexity index is 2090. The molecular formula is C41H45N5O9. The molecule has 1 fully saturated rings. The predicted molar refractivity (Wildman–Crippen MR) is 202 cm³/mol. The van der Waals surface area contributed by atoms with E-state index in [0.717, 1.165) is 38.6 Å². The van der Waals surface area contributed by atoms with E-state index in [4.69, 9.17) is 14.2 Å². The van der Waals surface area contributed by atoms with Crippen LogP contribution in [0.25, 0.3) is 11.3 Å². The number of carbonyl (C=O) groups is 6. The third-order valence-electron chi connectivity index (χ3n) is 10.2. The molecule has 3 heterocycles. The lowest BCUT2D eigenvalue weighted by molar-refractivity contribution is -0.132. The van der Waals surface area contributed by atoms with Crippen LogP contribution < -0.4 is 24.8 Å². The third-order valence-corrected chi connectivity index (χ3v) is 10.2. The van der Waals surface area contributed by atoms with Crippen molar-refractivity contribution in [1.29, 1.82) is 0 Å². The van der Waals surface area contributed by atoms with Gasteiger partial charge in [0.25, 0.3) is 17.7 Å². The van der Waals surface area contributed by atoms with Gasteiger partial charge in [-0.3, -0.25) is 33.7 Å². The van der Waals surface area contributed by atoms with Gasteiger partial charge in [0, 0.05) is 69.1 Å². The number of carbonyl (C=O) groups excluding carboxylic acids is 6. The minimum atomic E-state index is -1.00. The van der Waals surface area contributed by atoms with E-state index in [1.807, 2.05) is 43.5 Å². The fourth-order valence-electron chi connectivity index (χ4n) is 7.29. The molecule has 1 saturated carbocycles. The normalized spacial score (nSPS) is 16.5. The van der Waals surface area contributed by atoms with Crippen LogP contribution in [-0.2, 0) is 32.6 Å². The zero-order valence-electron chi connectivity index (χ0n) is 31.5. The van der Waals surface area contributed by atoms with Crippen LogP contribution in [0, 0.1) is 0 Å². The Morgan fingerprint density at radius 2 is 1.60 bits per heavy atom. The first-order valence-corrected chi connectivity index (χ1v) is 18.2. The summed E-state index contributed by atoms with van der Waals surface area (Å²) < 4.78 is 19.3. The molecule has 1 atom stereocenters. The van der Waals surface area contributed by atoms with Gasteiger partial charge in [-0.2, -0.15) is 0 Å². The van der Waals surface area contributed by atoms with Gasteiger partial charge in [-0.25, -0.2) is 0 Å². The van der Waals surface area contributed by atoms with Crippen LogP contribution >= 0.6 is 0 Å². The van der Waals surface area contributed by atoms with Crippen LogP contribution in [0.15, 0.2) is 55.4 Å². The van der Waals surface area contributed by atoms with Gasteiger partial charge in [0.05, 0.1) is 49.2 Å². The quantitative estimate of drug-likeness (QED) is 0.133. The number of imide groups is 1. The van der Waals surface area contributed by atoms with E-state index >= 15 is 0 Å². The summed E-state index contributed by atoms with van der Waals surface area (Å²) in [6.07, 6.45) is 5.84. The maximum Gasteiger partial charge on any atom is 0.266 e. The van der Waals surface area contributed by atoms with E-state index in [1.54, 1.807) is 14.2 Å². The highest BCUT2D eigenvalue weighted by atomic mass is 16.5. The van der Waals surface area contributed by atoms with E-state index in [1.165, 1.54) is 18.2 Å². The lowest BCUT2D eigenvalue weighted by Crippen LogP contribution is -2.47. The predicted octanol–water partition coefficient (Wildman–Crippen LogP) is 3.66. The number of fused-ring (bicyclic) bond motifs is 2. The molecule has 1 aromatic heterocycles. The zero-order chi connectivity index (χ0) is 39.4. The molecule has 0 bridgehead atoms. The van der Waals surface area contributed by atoms with Crippen LogP contribution in [0.4, 0.5) is 0 Å². The number of amides is 4. The van der Waals surface area contributed by atoms with Crippen molar-refractivity contribution in [3.8, 4) is 17.2 Å². The van der Waals surface area contributed by atoms with Crippen molar-refractivity contribution in [2.75, 3.05) is 41.0 Å². The largest absolute Gasteiger partial charge is 0.496 e. The number of nitrogens with one attached hydrogen (secondary N) is 2. The standard InChI is InChI=1S/C41H45N5O9/c1-24-39-27(15-18-44(39)2)30(22-45(24)3)25-19-34(53-4)28(35(20-25)54-5)9-7-12-36(49)42-16-8-17-43-37(50)23-55-33-11-6-10-29-38(33)41(52)46(40(29)51)31-14-13-26(47)21-32(31)48/h6,10-11,15,18-20,22,31H,1,7-9,12-14,16-17,21,23H2,2-5H3,(H,42,49)(H,43,50). The van der Waals surface area contributed by atoms with Crippen molar-refractivity contribution in [3.63, 3.8) is 0 Å². The van der Waals surface area contributed by atoms with E-state index < -0.39 is 36.2 Å². The van der Waals surface area contributed by atoms with Crippen molar-refractivity contribution < 1.29 is 43.0 Å². The zero-order valence-corrected chi connectivity index (χ0v) is 31.5. The number of aromatic nitrogens is 1. The minimum absolute atomic E-state index is 0.00944. The van der Waals surface area contributed by atoms with E-state index in [0.29, 0.717) is 37.3 Å². The van der Waals surface area contributed by atoms with Gasteiger partial charge in [-0.15, -0.1) is 0 Å². The number of nitrogens with zero attached hydrogens (tertiary/aromatic N) is 3. The molecule has 288 valence electrons. The molecule has 4 amide bonds. The highest BCUT2D eigenvalue weighted by molar-refractivity contribution is 6.24. The molecule has 2 aromatic carbocycles. The second kappa shape index (κ2) is 16.5. The topological polar surface area (TPSA) is 166 Å². The Kier molecular flexibility index (Phi) is 11.5. The molecule has 3 aliphatic rings. The Balaban J connectivity index is 0.938. The van der Waals surface area contributed by atoms with E-state index in [2.05, 4.69) is 27.8 Å². The van der Waals surface area contributed by atoms with Gasteiger partial charge in [0.1, 0.15) is 23.0 Å². The van der Waals surface area contributed by atoms with Crippen LogP contribution in [0.3, 0.4) is 0 Å². The van der Waals surface area contributed by atoms with Crippen molar-refractivity contribution in [2.24, 2.45) is 7.05 Å². The molecule has 6 rings (SSSR count). The highest BCUT2D eigenvalue weighted by Gasteiger charge is 2.45. The second-order valence-electron chi connectivity index (χ2n) is 13.7. The van der Waals surface area contributed by atoms with Gasteiger partial charge in [-0.05, 0) is 61.6 Å². The number of benzene rings is 2. The summed E-state index contributed by atoms with van der Waals surface area (Å²) in [5.41, 5.74) is 5.93. The highest BCUT2D eigenvalue weighted by Crippen LogP contribution is 2.41. The van der Waals surface area contributed by atoms with Gasteiger partial charge in [-0.1, -0.05) is 12.6 Å². The molecule has 14 nitrogen and oxygen atoms in total. The number of rotatable bonds is 15. The number of methoxy groups -OCH3 is 2. The number of hydrogen-bond acceptors (Lipinski definition) is 10. The number of Topliss-reactive ketones (excluding diaryl/α,β-unsaturated/α-hetero) is 2. The average molecular weight is 752 g/mol. The number of aryl methyl sites for hydroxylation is 1. The first kappa shape index (κ1) is 38.5. The summed E-state index contributed by atoms with van der Waals surface area (Å²) in [5, 5.41) is 5.60. The first-order valence-electron chi connectivity index (χ1n) is 18.2. The average Bonchev–Trinajstić information content (AvgIpc) is 3.68. The fraction of sp³-hybridized carbons (Fsp3) is 0.366. The molecule has 14 heteroatoms. The number of hydrogen-bond donors (Lipinski definition) is 2. The summed E-state index contributed by atoms with van der Waals surface area (Å²) in [6.45, 7) is 4.45. The second-order valence-corrected chi connectivity index (χ2v) is 13.7. The summed E-state index contributed by atoms with van der Waals surface area (Å²) in [6, 6.07) is 9.54. The minimum Gasteiger partial charge on any atom is -0.496 e. The fourth-order valence-corrected chi connectivity index (χ4v) is 7.29.